The molecule has 3 aromatic carbocycles. The van der Waals surface area contributed by atoms with Gasteiger partial charge in [0.1, 0.15) is 0 Å². The zero-order chi connectivity index (χ0) is 21.5. The van der Waals surface area contributed by atoms with Crippen molar-refractivity contribution in [2.75, 3.05) is 5.32 Å². The average molecular weight is 426 g/mol. The number of thiophene rings is 1. The monoisotopic (exact) mass is 425 g/mol. The van der Waals surface area contributed by atoms with Gasteiger partial charge in [-0.3, -0.25) is 0 Å². The lowest BCUT2D eigenvalue weighted by atomic mass is 9.93. The summed E-state index contributed by atoms with van der Waals surface area (Å²) in [5, 5.41) is 6.74. The SMILES string of the molecule is CCCC(CC)Nc1ccccc1C1=C(C)C(C)c2c1ccc1sc3ccccc3c21. The van der Waals surface area contributed by atoms with Crippen molar-refractivity contribution in [1.82, 2.24) is 0 Å². The van der Waals surface area contributed by atoms with E-state index in [4.69, 9.17) is 0 Å². The van der Waals surface area contributed by atoms with Crippen LogP contribution in [0.4, 0.5) is 5.69 Å². The standard InChI is InChI=1S/C29H31NS/c1-5-11-20(6-2)30-24-14-9-7-12-21(24)27-18(3)19(4)28-23(27)16-17-26-29(28)22-13-8-10-15-25(22)31-26/h7-10,12-17,19-20,30H,5-6,11H2,1-4H3. The Morgan fingerprint density at radius 2 is 1.68 bits per heavy atom. The molecule has 0 fully saturated rings. The number of anilines is 1. The lowest BCUT2D eigenvalue weighted by Gasteiger charge is -2.21. The lowest BCUT2D eigenvalue weighted by Crippen LogP contribution is -2.18. The van der Waals surface area contributed by atoms with Crippen LogP contribution in [0.15, 0.2) is 66.2 Å². The van der Waals surface area contributed by atoms with Crippen molar-refractivity contribution in [3.8, 4) is 0 Å². The molecule has 0 bridgehead atoms. The Balaban J connectivity index is 1.69. The summed E-state index contributed by atoms with van der Waals surface area (Å²) in [6.07, 6.45) is 3.56. The van der Waals surface area contributed by atoms with E-state index >= 15 is 0 Å². The van der Waals surface area contributed by atoms with E-state index in [9.17, 15) is 0 Å². The van der Waals surface area contributed by atoms with Gasteiger partial charge in [0.25, 0.3) is 0 Å². The zero-order valence-corrected chi connectivity index (χ0v) is 19.8. The van der Waals surface area contributed by atoms with E-state index in [1.54, 1.807) is 0 Å². The first-order chi connectivity index (χ1) is 15.1. The van der Waals surface area contributed by atoms with Crippen molar-refractivity contribution in [3.63, 3.8) is 0 Å². The number of rotatable bonds is 6. The number of fused-ring (bicyclic) bond motifs is 5. The number of allylic oxidation sites excluding steroid dienone is 1. The van der Waals surface area contributed by atoms with Crippen LogP contribution in [0.5, 0.6) is 0 Å². The van der Waals surface area contributed by atoms with Gasteiger partial charge in [0.2, 0.25) is 0 Å². The van der Waals surface area contributed by atoms with Crippen LogP contribution in [-0.4, -0.2) is 6.04 Å². The summed E-state index contributed by atoms with van der Waals surface area (Å²) in [7, 11) is 0. The largest absolute Gasteiger partial charge is 0.382 e. The smallest absolute Gasteiger partial charge is 0.0422 e. The molecule has 0 spiro atoms. The molecule has 0 amide bonds. The lowest BCUT2D eigenvalue weighted by molar-refractivity contribution is 0.622. The van der Waals surface area contributed by atoms with Crippen LogP contribution in [-0.2, 0) is 0 Å². The van der Waals surface area contributed by atoms with Crippen molar-refractivity contribution in [2.24, 2.45) is 0 Å². The van der Waals surface area contributed by atoms with Gasteiger partial charge in [0, 0.05) is 43.4 Å². The van der Waals surface area contributed by atoms with E-state index in [0.717, 1.165) is 6.42 Å². The highest BCUT2D eigenvalue weighted by Gasteiger charge is 2.30. The topological polar surface area (TPSA) is 12.0 Å². The van der Waals surface area contributed by atoms with Gasteiger partial charge in [-0.1, -0.05) is 75.2 Å². The highest BCUT2D eigenvalue weighted by atomic mass is 32.1. The highest BCUT2D eigenvalue weighted by Crippen LogP contribution is 2.51. The number of hydrogen-bond acceptors (Lipinski definition) is 2. The third kappa shape index (κ3) is 3.29. The fraction of sp³-hybridized carbons (Fsp3) is 0.310. The summed E-state index contributed by atoms with van der Waals surface area (Å²) in [5.74, 6) is 0.428. The molecule has 31 heavy (non-hydrogen) atoms. The van der Waals surface area contributed by atoms with Crippen LogP contribution in [0.1, 0.15) is 69.6 Å². The van der Waals surface area contributed by atoms with Crippen molar-refractivity contribution in [3.05, 3.63) is 82.9 Å². The van der Waals surface area contributed by atoms with Crippen LogP contribution in [0, 0.1) is 0 Å². The molecule has 1 aliphatic carbocycles. The highest BCUT2D eigenvalue weighted by molar-refractivity contribution is 7.25. The Labute approximate surface area is 189 Å². The minimum absolute atomic E-state index is 0.428. The second-order valence-corrected chi connectivity index (χ2v) is 9.95. The maximum atomic E-state index is 3.87. The van der Waals surface area contributed by atoms with Crippen LogP contribution in [0.3, 0.4) is 0 Å². The number of nitrogens with one attached hydrogen (secondary N) is 1. The van der Waals surface area contributed by atoms with Crippen molar-refractivity contribution >= 4 is 42.8 Å². The van der Waals surface area contributed by atoms with E-state index in [1.165, 1.54) is 66.5 Å². The molecular formula is C29H31NS. The maximum absolute atomic E-state index is 3.87. The molecule has 1 nitrogen and oxygen atoms in total. The molecule has 2 heteroatoms. The molecule has 0 saturated carbocycles. The Morgan fingerprint density at radius 1 is 0.903 bits per heavy atom. The van der Waals surface area contributed by atoms with Crippen LogP contribution >= 0.6 is 11.3 Å². The fourth-order valence-electron chi connectivity index (χ4n) is 5.29. The number of para-hydroxylation sites is 1. The van der Waals surface area contributed by atoms with Gasteiger partial charge in [0.15, 0.2) is 0 Å². The minimum Gasteiger partial charge on any atom is -0.382 e. The molecule has 2 atom stereocenters. The maximum Gasteiger partial charge on any atom is 0.0422 e. The molecular weight excluding hydrogens is 394 g/mol. The molecule has 4 aromatic rings. The second-order valence-electron chi connectivity index (χ2n) is 8.86. The minimum atomic E-state index is 0.428. The summed E-state index contributed by atoms with van der Waals surface area (Å²) in [5.41, 5.74) is 8.45. The first-order valence-electron chi connectivity index (χ1n) is 11.6. The van der Waals surface area contributed by atoms with Crippen molar-refractivity contribution < 1.29 is 0 Å². The molecule has 1 N–H and O–H groups in total. The molecule has 0 radical (unpaired) electrons. The number of benzene rings is 3. The first kappa shape index (κ1) is 20.3. The summed E-state index contributed by atoms with van der Waals surface area (Å²) in [6.45, 7) is 9.27. The van der Waals surface area contributed by atoms with Crippen LogP contribution < -0.4 is 5.32 Å². The first-order valence-corrected chi connectivity index (χ1v) is 12.5. The third-order valence-corrected chi connectivity index (χ3v) is 8.15. The Bertz CT molecular complexity index is 1290. The van der Waals surface area contributed by atoms with E-state index in [0.29, 0.717) is 12.0 Å². The van der Waals surface area contributed by atoms with E-state index in [-0.39, 0.29) is 0 Å². The van der Waals surface area contributed by atoms with Crippen LogP contribution in [0.2, 0.25) is 0 Å². The predicted octanol–water partition coefficient (Wildman–Crippen LogP) is 8.98. The third-order valence-electron chi connectivity index (χ3n) is 7.02. The molecule has 158 valence electrons. The Morgan fingerprint density at radius 3 is 2.48 bits per heavy atom. The van der Waals surface area contributed by atoms with Gasteiger partial charge >= 0.3 is 0 Å². The molecule has 0 aliphatic heterocycles. The number of hydrogen-bond donors (Lipinski definition) is 1. The van der Waals surface area contributed by atoms with E-state index in [2.05, 4.69) is 93.7 Å². The molecule has 1 heterocycles. The summed E-state index contributed by atoms with van der Waals surface area (Å²) < 4.78 is 2.79. The molecule has 0 saturated heterocycles. The van der Waals surface area contributed by atoms with Gasteiger partial charge in [-0.2, -0.15) is 0 Å². The van der Waals surface area contributed by atoms with Gasteiger partial charge in [0.05, 0.1) is 0 Å². The predicted molar refractivity (Wildman–Crippen MR) is 138 cm³/mol. The second kappa shape index (κ2) is 8.16. The molecule has 2 unspecified atom stereocenters. The Hall–Kier alpha value is -2.58. The van der Waals surface area contributed by atoms with Gasteiger partial charge in [-0.15, -0.1) is 11.3 Å². The van der Waals surface area contributed by atoms with Gasteiger partial charge in [-0.25, -0.2) is 0 Å². The molecule has 5 rings (SSSR count). The normalized spacial score (nSPS) is 16.8. The zero-order valence-electron chi connectivity index (χ0n) is 19.0. The quantitative estimate of drug-likeness (QED) is 0.325. The van der Waals surface area contributed by atoms with E-state index < -0.39 is 0 Å². The molecule has 1 aliphatic rings. The fourth-order valence-corrected chi connectivity index (χ4v) is 6.41. The summed E-state index contributed by atoms with van der Waals surface area (Å²) in [4.78, 5) is 0. The summed E-state index contributed by atoms with van der Waals surface area (Å²) >= 11 is 1.92. The van der Waals surface area contributed by atoms with Crippen LogP contribution in [0.25, 0.3) is 25.7 Å². The van der Waals surface area contributed by atoms with Crippen molar-refractivity contribution in [2.45, 2.75) is 58.9 Å². The van der Waals surface area contributed by atoms with Gasteiger partial charge in [-0.05, 0) is 54.7 Å². The summed E-state index contributed by atoms with van der Waals surface area (Å²) in [6, 6.07) is 23.0. The average Bonchev–Trinajstić information content (AvgIpc) is 3.29. The molecule has 1 aromatic heterocycles. The van der Waals surface area contributed by atoms with Gasteiger partial charge < -0.3 is 5.32 Å². The van der Waals surface area contributed by atoms with Crippen molar-refractivity contribution in [1.29, 1.82) is 0 Å². The van der Waals surface area contributed by atoms with E-state index in [1.807, 2.05) is 11.3 Å². The Kier molecular flexibility index (Phi) is 5.35.